The molecule has 132 valence electrons. The maximum atomic E-state index is 5.47. The van der Waals surface area contributed by atoms with Crippen LogP contribution in [0.25, 0.3) is 0 Å². The number of ether oxygens (including phenoxy) is 4. The van der Waals surface area contributed by atoms with Crippen LogP contribution < -0.4 is 0 Å². The van der Waals surface area contributed by atoms with Crippen LogP contribution >= 0.6 is 0 Å². The summed E-state index contributed by atoms with van der Waals surface area (Å²) in [5.41, 5.74) is 0. The van der Waals surface area contributed by atoms with Crippen LogP contribution in [0.4, 0.5) is 0 Å². The van der Waals surface area contributed by atoms with E-state index >= 15 is 0 Å². The predicted octanol–water partition coefficient (Wildman–Crippen LogP) is 5.03. The quantitative estimate of drug-likeness (QED) is 0.214. The van der Waals surface area contributed by atoms with E-state index in [1.807, 2.05) is 19.9 Å². The fraction of sp³-hybridized carbons (Fsp3) is 0.889. The van der Waals surface area contributed by atoms with Gasteiger partial charge in [0.05, 0.1) is 12.9 Å². The van der Waals surface area contributed by atoms with Gasteiger partial charge < -0.3 is 18.9 Å². The fourth-order valence-electron chi connectivity index (χ4n) is 2.09. The van der Waals surface area contributed by atoms with Gasteiger partial charge in [-0.1, -0.05) is 39.0 Å². The van der Waals surface area contributed by atoms with Gasteiger partial charge in [0.25, 0.3) is 0 Å². The Bertz CT molecular complexity index is 225. The van der Waals surface area contributed by atoms with E-state index in [4.69, 9.17) is 18.9 Å². The van der Waals surface area contributed by atoms with Crippen molar-refractivity contribution in [2.24, 2.45) is 0 Å². The fourth-order valence-corrected chi connectivity index (χ4v) is 2.09. The first-order chi connectivity index (χ1) is 10.8. The first-order valence-electron chi connectivity index (χ1n) is 8.92. The lowest BCUT2D eigenvalue weighted by molar-refractivity contribution is -0.138. The Hall–Kier alpha value is -0.580. The zero-order valence-corrected chi connectivity index (χ0v) is 14.9. The molecule has 0 spiro atoms. The Morgan fingerprint density at radius 2 is 1.55 bits per heavy atom. The Balaban J connectivity index is 3.29. The van der Waals surface area contributed by atoms with Crippen LogP contribution in [-0.4, -0.2) is 32.9 Å². The first-order valence-corrected chi connectivity index (χ1v) is 8.92. The minimum atomic E-state index is -0.108. The van der Waals surface area contributed by atoms with Crippen molar-refractivity contribution in [1.82, 2.24) is 0 Å². The van der Waals surface area contributed by atoms with Gasteiger partial charge in [-0.25, -0.2) is 0 Å². The number of unbranched alkanes of at least 4 members (excludes halogenated alkanes) is 5. The second kappa shape index (κ2) is 18.5. The van der Waals surface area contributed by atoms with Crippen LogP contribution in [0, 0.1) is 0 Å². The normalized spacial score (nSPS) is 11.6. The van der Waals surface area contributed by atoms with E-state index in [-0.39, 0.29) is 6.29 Å². The van der Waals surface area contributed by atoms with E-state index in [2.05, 4.69) is 6.92 Å². The second-order valence-corrected chi connectivity index (χ2v) is 5.25. The molecular formula is C18H36O4. The lowest BCUT2D eigenvalue weighted by Gasteiger charge is -2.15. The average Bonchev–Trinajstić information content (AvgIpc) is 2.52. The van der Waals surface area contributed by atoms with Gasteiger partial charge >= 0.3 is 0 Å². The molecular weight excluding hydrogens is 280 g/mol. The van der Waals surface area contributed by atoms with Crippen molar-refractivity contribution in [3.8, 4) is 0 Å². The molecule has 0 unspecified atom stereocenters. The molecule has 4 nitrogen and oxygen atoms in total. The Labute approximate surface area is 137 Å². The molecule has 0 aliphatic heterocycles. The van der Waals surface area contributed by atoms with Gasteiger partial charge in [0, 0.05) is 19.6 Å². The van der Waals surface area contributed by atoms with Crippen LogP contribution in [0.3, 0.4) is 0 Å². The third kappa shape index (κ3) is 15.8. The number of rotatable bonds is 17. The average molecular weight is 316 g/mol. The van der Waals surface area contributed by atoms with Crippen LogP contribution in [0.2, 0.25) is 0 Å². The van der Waals surface area contributed by atoms with Crippen LogP contribution in [0.1, 0.15) is 72.1 Å². The smallest absolute Gasteiger partial charge is 0.188 e. The summed E-state index contributed by atoms with van der Waals surface area (Å²) in [6.07, 6.45) is 13.0. The molecule has 0 saturated heterocycles. The maximum Gasteiger partial charge on any atom is 0.188 e. The number of hydrogen-bond acceptors (Lipinski definition) is 4. The molecule has 0 rings (SSSR count). The first kappa shape index (κ1) is 21.4. The van der Waals surface area contributed by atoms with Crippen LogP contribution in [0.15, 0.2) is 12.3 Å². The second-order valence-electron chi connectivity index (χ2n) is 5.25. The van der Waals surface area contributed by atoms with E-state index < -0.39 is 0 Å². The SMILES string of the molecule is CCCCCCCCOCOC=CCCC(OCC)OCC. The molecule has 0 heterocycles. The molecule has 4 heteroatoms. The van der Waals surface area contributed by atoms with Gasteiger partial charge in [-0.15, -0.1) is 0 Å². The molecule has 0 aliphatic rings. The van der Waals surface area contributed by atoms with Crippen molar-refractivity contribution in [3.05, 3.63) is 12.3 Å². The summed E-state index contributed by atoms with van der Waals surface area (Å²) in [6.45, 7) is 8.68. The molecule has 22 heavy (non-hydrogen) atoms. The molecule has 0 aromatic carbocycles. The standard InChI is InChI=1S/C18H36O4/c1-4-7-8-9-10-12-15-19-17-20-16-13-11-14-18(21-5-2)22-6-3/h13,16,18H,4-12,14-15,17H2,1-3H3. The Morgan fingerprint density at radius 3 is 2.23 bits per heavy atom. The molecule has 0 aliphatic carbocycles. The van der Waals surface area contributed by atoms with Crippen molar-refractivity contribution in [3.63, 3.8) is 0 Å². The van der Waals surface area contributed by atoms with Gasteiger partial charge in [-0.2, -0.15) is 0 Å². The van der Waals surface area contributed by atoms with E-state index in [0.29, 0.717) is 20.0 Å². The van der Waals surface area contributed by atoms with Gasteiger partial charge in [0.15, 0.2) is 13.1 Å². The van der Waals surface area contributed by atoms with Crippen molar-refractivity contribution in [2.75, 3.05) is 26.6 Å². The van der Waals surface area contributed by atoms with Crippen molar-refractivity contribution in [2.45, 2.75) is 78.4 Å². The summed E-state index contributed by atoms with van der Waals surface area (Å²) in [5, 5.41) is 0. The molecule has 0 amide bonds. The van der Waals surface area contributed by atoms with Crippen molar-refractivity contribution in [1.29, 1.82) is 0 Å². The Kier molecular flexibility index (Phi) is 18.0. The van der Waals surface area contributed by atoms with E-state index in [1.165, 1.54) is 32.1 Å². The highest BCUT2D eigenvalue weighted by Gasteiger charge is 2.05. The summed E-state index contributed by atoms with van der Waals surface area (Å²) in [5.74, 6) is 0. The van der Waals surface area contributed by atoms with Crippen molar-refractivity contribution >= 4 is 0 Å². The summed E-state index contributed by atoms with van der Waals surface area (Å²) in [4.78, 5) is 0. The summed E-state index contributed by atoms with van der Waals surface area (Å²) in [6, 6.07) is 0. The highest BCUT2D eigenvalue weighted by atomic mass is 16.7. The van der Waals surface area contributed by atoms with E-state index in [0.717, 1.165) is 25.9 Å². The lowest BCUT2D eigenvalue weighted by Crippen LogP contribution is -2.16. The molecule has 0 bridgehead atoms. The van der Waals surface area contributed by atoms with Gasteiger partial charge in [-0.05, 0) is 32.8 Å². The maximum absolute atomic E-state index is 5.47. The molecule has 0 aromatic rings. The van der Waals surface area contributed by atoms with Crippen molar-refractivity contribution < 1.29 is 18.9 Å². The molecule has 0 N–H and O–H groups in total. The third-order valence-electron chi connectivity index (χ3n) is 3.26. The molecule has 0 fully saturated rings. The van der Waals surface area contributed by atoms with Gasteiger partial charge in [0.1, 0.15) is 0 Å². The summed E-state index contributed by atoms with van der Waals surface area (Å²) in [7, 11) is 0. The molecule has 0 radical (unpaired) electrons. The predicted molar refractivity (Wildman–Crippen MR) is 90.7 cm³/mol. The Morgan fingerprint density at radius 1 is 0.864 bits per heavy atom. The molecule has 0 saturated carbocycles. The highest BCUT2D eigenvalue weighted by Crippen LogP contribution is 2.06. The van der Waals surface area contributed by atoms with Gasteiger partial charge in [-0.3, -0.25) is 0 Å². The topological polar surface area (TPSA) is 36.9 Å². The summed E-state index contributed by atoms with van der Waals surface area (Å²) < 4.78 is 21.7. The summed E-state index contributed by atoms with van der Waals surface area (Å²) >= 11 is 0. The minimum absolute atomic E-state index is 0.108. The number of hydrogen-bond donors (Lipinski definition) is 0. The minimum Gasteiger partial charge on any atom is -0.475 e. The van der Waals surface area contributed by atoms with Crippen LogP contribution in [0.5, 0.6) is 0 Å². The largest absolute Gasteiger partial charge is 0.475 e. The monoisotopic (exact) mass is 316 g/mol. The van der Waals surface area contributed by atoms with E-state index in [1.54, 1.807) is 6.26 Å². The zero-order chi connectivity index (χ0) is 16.3. The van der Waals surface area contributed by atoms with Gasteiger partial charge in [0.2, 0.25) is 0 Å². The molecule has 0 atom stereocenters. The highest BCUT2D eigenvalue weighted by molar-refractivity contribution is 4.73. The van der Waals surface area contributed by atoms with E-state index in [9.17, 15) is 0 Å². The zero-order valence-electron chi connectivity index (χ0n) is 14.9. The third-order valence-corrected chi connectivity index (χ3v) is 3.26. The number of allylic oxidation sites excluding steroid dienone is 1. The lowest BCUT2D eigenvalue weighted by atomic mass is 10.1. The van der Waals surface area contributed by atoms with Crippen LogP contribution in [-0.2, 0) is 18.9 Å². The molecule has 0 aromatic heterocycles.